The number of hydrogen-bond acceptors (Lipinski definition) is 2. The van der Waals surface area contributed by atoms with Gasteiger partial charge < -0.3 is 10.0 Å². The second kappa shape index (κ2) is 6.19. The predicted molar refractivity (Wildman–Crippen MR) is 74.8 cm³/mol. The Morgan fingerprint density at radius 2 is 2.11 bits per heavy atom. The highest BCUT2D eigenvalue weighted by Gasteiger charge is 2.30. The fourth-order valence-corrected chi connectivity index (χ4v) is 2.77. The quantitative estimate of drug-likeness (QED) is 0.924. The molecule has 1 saturated heterocycles. The van der Waals surface area contributed by atoms with Gasteiger partial charge in [-0.05, 0) is 24.5 Å². The highest BCUT2D eigenvalue weighted by molar-refractivity contribution is 9.10. The van der Waals surface area contributed by atoms with Gasteiger partial charge in [0.1, 0.15) is 0 Å². The third-order valence-electron chi connectivity index (χ3n) is 3.46. The zero-order chi connectivity index (χ0) is 13.8. The summed E-state index contributed by atoms with van der Waals surface area (Å²) in [6.45, 7) is 0.913. The van der Waals surface area contributed by atoms with Gasteiger partial charge >= 0.3 is 5.97 Å². The Bertz CT molecular complexity index is 489. The van der Waals surface area contributed by atoms with Gasteiger partial charge in [-0.2, -0.15) is 0 Å². The maximum absolute atomic E-state index is 12.0. The van der Waals surface area contributed by atoms with E-state index in [1.165, 1.54) is 0 Å². The van der Waals surface area contributed by atoms with Crippen LogP contribution in [0.15, 0.2) is 28.7 Å². The first-order valence-corrected chi connectivity index (χ1v) is 7.11. The highest BCUT2D eigenvalue weighted by Crippen LogP contribution is 2.20. The van der Waals surface area contributed by atoms with Gasteiger partial charge in [-0.3, -0.25) is 9.59 Å². The summed E-state index contributed by atoms with van der Waals surface area (Å²) in [7, 11) is 0. The summed E-state index contributed by atoms with van der Waals surface area (Å²) in [5, 5.41) is 8.91. The first-order valence-electron chi connectivity index (χ1n) is 6.32. The van der Waals surface area contributed by atoms with E-state index in [1.54, 1.807) is 4.90 Å². The van der Waals surface area contributed by atoms with Crippen LogP contribution in [0.2, 0.25) is 0 Å². The van der Waals surface area contributed by atoms with E-state index in [2.05, 4.69) is 15.9 Å². The van der Waals surface area contributed by atoms with Gasteiger partial charge in [0.05, 0.1) is 5.92 Å². The molecule has 0 aromatic heterocycles. The molecule has 0 radical (unpaired) electrons. The summed E-state index contributed by atoms with van der Waals surface area (Å²) >= 11 is 3.46. The number of halogens is 1. The van der Waals surface area contributed by atoms with E-state index < -0.39 is 11.9 Å². The van der Waals surface area contributed by atoms with E-state index in [1.807, 2.05) is 24.3 Å². The van der Waals surface area contributed by atoms with E-state index in [0.29, 0.717) is 32.4 Å². The molecule has 0 spiro atoms. The fourth-order valence-electron chi connectivity index (χ4n) is 2.29. The standard InChI is InChI=1S/C14H16BrNO3/c15-12-4-2-1-3-10(12)5-6-13(17)16-8-7-11(9-16)14(18)19/h1-4,11H,5-9H2,(H,18,19)/t11-/m0/s1. The van der Waals surface area contributed by atoms with Crippen molar-refractivity contribution < 1.29 is 14.7 Å². The first-order chi connectivity index (χ1) is 9.08. The van der Waals surface area contributed by atoms with Gasteiger partial charge in [0.25, 0.3) is 0 Å². The van der Waals surface area contributed by atoms with E-state index in [4.69, 9.17) is 5.11 Å². The number of nitrogens with zero attached hydrogens (tertiary/aromatic N) is 1. The minimum absolute atomic E-state index is 0.0412. The maximum atomic E-state index is 12.0. The molecule has 1 aromatic carbocycles. The van der Waals surface area contributed by atoms with Gasteiger partial charge in [-0.15, -0.1) is 0 Å². The molecule has 4 nitrogen and oxygen atoms in total. The van der Waals surface area contributed by atoms with Crippen LogP contribution in [0.5, 0.6) is 0 Å². The van der Waals surface area contributed by atoms with Crippen molar-refractivity contribution in [3.8, 4) is 0 Å². The Hall–Kier alpha value is -1.36. The minimum Gasteiger partial charge on any atom is -0.481 e. The van der Waals surface area contributed by atoms with Crippen molar-refractivity contribution in [2.75, 3.05) is 13.1 Å². The number of carboxylic acids is 1. The SMILES string of the molecule is O=C(O)[C@H]1CCN(C(=O)CCc2ccccc2Br)C1. The Balaban J connectivity index is 1.86. The van der Waals surface area contributed by atoms with Gasteiger partial charge in [0.15, 0.2) is 0 Å². The second-order valence-electron chi connectivity index (χ2n) is 4.75. The summed E-state index contributed by atoms with van der Waals surface area (Å²) in [4.78, 5) is 24.5. The molecule has 102 valence electrons. The smallest absolute Gasteiger partial charge is 0.308 e. The molecule has 0 saturated carbocycles. The van der Waals surface area contributed by atoms with Crippen LogP contribution in [0.4, 0.5) is 0 Å². The number of carbonyl (C=O) groups is 2. The molecule has 0 bridgehead atoms. The van der Waals surface area contributed by atoms with Crippen LogP contribution < -0.4 is 0 Å². The van der Waals surface area contributed by atoms with Crippen molar-refractivity contribution >= 4 is 27.8 Å². The Morgan fingerprint density at radius 1 is 1.37 bits per heavy atom. The lowest BCUT2D eigenvalue weighted by Gasteiger charge is -2.15. The number of carboxylic acid groups (broad SMARTS) is 1. The van der Waals surface area contributed by atoms with Gasteiger partial charge in [-0.25, -0.2) is 0 Å². The molecule has 1 N–H and O–H groups in total. The maximum Gasteiger partial charge on any atom is 0.308 e. The molecule has 1 atom stereocenters. The van der Waals surface area contributed by atoms with E-state index in [9.17, 15) is 9.59 Å². The summed E-state index contributed by atoms with van der Waals surface area (Å²) in [5.41, 5.74) is 1.10. The van der Waals surface area contributed by atoms with E-state index in [-0.39, 0.29) is 5.91 Å². The largest absolute Gasteiger partial charge is 0.481 e. The third kappa shape index (κ3) is 3.56. The molecule has 1 aromatic rings. The molecule has 2 rings (SSSR count). The summed E-state index contributed by atoms with van der Waals surface area (Å²) < 4.78 is 1.01. The monoisotopic (exact) mass is 325 g/mol. The molecule has 0 aliphatic carbocycles. The summed E-state index contributed by atoms with van der Waals surface area (Å²) in [5.74, 6) is -1.16. The van der Waals surface area contributed by atoms with Crippen LogP contribution >= 0.6 is 15.9 Å². The number of aliphatic carboxylic acids is 1. The number of rotatable bonds is 4. The topological polar surface area (TPSA) is 57.6 Å². The van der Waals surface area contributed by atoms with Crippen molar-refractivity contribution in [2.24, 2.45) is 5.92 Å². The Labute approximate surface area is 120 Å². The van der Waals surface area contributed by atoms with Crippen molar-refractivity contribution in [2.45, 2.75) is 19.3 Å². The number of amides is 1. The summed E-state index contributed by atoms with van der Waals surface area (Å²) in [6, 6.07) is 7.83. The first kappa shape index (κ1) is 14.1. The number of aryl methyl sites for hydroxylation is 1. The van der Waals surface area contributed by atoms with E-state index >= 15 is 0 Å². The predicted octanol–water partition coefficient (Wildman–Crippen LogP) is 2.31. The molecular formula is C14H16BrNO3. The van der Waals surface area contributed by atoms with Crippen LogP contribution in [0.1, 0.15) is 18.4 Å². The highest BCUT2D eigenvalue weighted by atomic mass is 79.9. The van der Waals surface area contributed by atoms with Crippen LogP contribution in [0.3, 0.4) is 0 Å². The van der Waals surface area contributed by atoms with Crippen molar-refractivity contribution in [3.63, 3.8) is 0 Å². The number of benzene rings is 1. The Morgan fingerprint density at radius 3 is 2.74 bits per heavy atom. The van der Waals surface area contributed by atoms with Gasteiger partial charge in [0.2, 0.25) is 5.91 Å². The molecule has 1 aliphatic heterocycles. The number of hydrogen-bond donors (Lipinski definition) is 1. The minimum atomic E-state index is -0.805. The molecule has 1 fully saturated rings. The molecule has 5 heteroatoms. The molecule has 1 amide bonds. The molecule has 0 unspecified atom stereocenters. The molecule has 1 aliphatic rings. The van der Waals surface area contributed by atoms with Gasteiger partial charge in [0, 0.05) is 24.0 Å². The van der Waals surface area contributed by atoms with Crippen LogP contribution in [0, 0.1) is 5.92 Å². The average Bonchev–Trinajstić information content (AvgIpc) is 2.87. The van der Waals surface area contributed by atoms with Crippen molar-refractivity contribution in [1.82, 2.24) is 4.90 Å². The van der Waals surface area contributed by atoms with E-state index in [0.717, 1.165) is 10.0 Å². The average molecular weight is 326 g/mol. The third-order valence-corrected chi connectivity index (χ3v) is 4.23. The fraction of sp³-hybridized carbons (Fsp3) is 0.429. The number of carbonyl (C=O) groups excluding carboxylic acids is 1. The van der Waals surface area contributed by atoms with Crippen molar-refractivity contribution in [3.05, 3.63) is 34.3 Å². The molecule has 1 heterocycles. The lowest BCUT2D eigenvalue weighted by atomic mass is 10.1. The lowest BCUT2D eigenvalue weighted by Crippen LogP contribution is -2.30. The summed E-state index contributed by atoms with van der Waals surface area (Å²) in [6.07, 6.45) is 1.67. The molecular weight excluding hydrogens is 310 g/mol. The van der Waals surface area contributed by atoms with Crippen molar-refractivity contribution in [1.29, 1.82) is 0 Å². The molecule has 19 heavy (non-hydrogen) atoms. The van der Waals surface area contributed by atoms with Crippen LogP contribution in [-0.4, -0.2) is 35.0 Å². The van der Waals surface area contributed by atoms with Crippen LogP contribution in [0.25, 0.3) is 0 Å². The zero-order valence-corrected chi connectivity index (χ0v) is 12.1. The van der Waals surface area contributed by atoms with Gasteiger partial charge in [-0.1, -0.05) is 34.1 Å². The lowest BCUT2D eigenvalue weighted by molar-refractivity contribution is -0.141. The second-order valence-corrected chi connectivity index (χ2v) is 5.61. The normalized spacial score (nSPS) is 18.6. The zero-order valence-electron chi connectivity index (χ0n) is 10.5. The Kier molecular flexibility index (Phi) is 4.58. The van der Waals surface area contributed by atoms with Crippen LogP contribution in [-0.2, 0) is 16.0 Å². The number of likely N-dealkylation sites (tertiary alicyclic amines) is 1.